The highest BCUT2D eigenvalue weighted by Gasteiger charge is 2.33. The topological polar surface area (TPSA) is 98.0 Å². The molecule has 0 aliphatic carbocycles. The largest absolute Gasteiger partial charge is 0.340 e. The van der Waals surface area contributed by atoms with Gasteiger partial charge in [0.2, 0.25) is 11.8 Å². The average Bonchev–Trinajstić information content (AvgIpc) is 4.01. The fourth-order valence-electron chi connectivity index (χ4n) is 8.06. The van der Waals surface area contributed by atoms with E-state index in [1.165, 1.54) is 0 Å². The maximum absolute atomic E-state index is 13.3. The van der Waals surface area contributed by atoms with E-state index < -0.39 is 0 Å². The van der Waals surface area contributed by atoms with Gasteiger partial charge in [0.1, 0.15) is 11.6 Å². The smallest absolute Gasteiger partial charge is 0.227 e. The van der Waals surface area contributed by atoms with E-state index in [9.17, 15) is 9.59 Å². The summed E-state index contributed by atoms with van der Waals surface area (Å²) in [4.78, 5) is 47.3. The van der Waals surface area contributed by atoms with E-state index in [1.54, 1.807) is 0 Å². The van der Waals surface area contributed by atoms with Crippen molar-refractivity contribution in [3.63, 3.8) is 0 Å². The first kappa shape index (κ1) is 31.9. The summed E-state index contributed by atoms with van der Waals surface area (Å²) in [5.41, 5.74) is 8.21. The highest BCUT2D eigenvalue weighted by atomic mass is 16.2. The number of carbonyl (C=O) groups is 2. The standard InChI is InChI=1S/C44H40N6O2/c51-41(23-29-9-3-1-4-10-29)49-21-7-13-39(49)43-45-28-38(48-43)35-18-17-31-25-32(15-16-33(31)26-35)34-19-20-36-37(27-34)47-44(46-36)40-14-8-22-50(40)42(52)24-30-11-5-2-6-12-30/h1-6,9-12,15-20,25-28,39-40H,7-8,13-14,21-24H2,(H,45,48)(H,46,47). The third-order valence-electron chi connectivity index (χ3n) is 10.8. The number of imidazole rings is 2. The van der Waals surface area contributed by atoms with Crippen LogP contribution in [0.3, 0.4) is 0 Å². The number of fused-ring (bicyclic) bond motifs is 2. The van der Waals surface area contributed by atoms with Crippen LogP contribution >= 0.6 is 0 Å². The van der Waals surface area contributed by atoms with Gasteiger partial charge >= 0.3 is 0 Å². The molecular weight excluding hydrogens is 645 g/mol. The van der Waals surface area contributed by atoms with Gasteiger partial charge in [-0.1, -0.05) is 91.0 Å². The van der Waals surface area contributed by atoms with Gasteiger partial charge in [0.15, 0.2) is 0 Å². The van der Waals surface area contributed by atoms with Gasteiger partial charge in [-0.2, -0.15) is 0 Å². The number of nitrogens with one attached hydrogen (secondary N) is 2. The van der Waals surface area contributed by atoms with Crippen molar-refractivity contribution < 1.29 is 9.59 Å². The van der Waals surface area contributed by atoms with Crippen LogP contribution in [0, 0.1) is 0 Å². The van der Waals surface area contributed by atoms with Gasteiger partial charge in [-0.3, -0.25) is 9.59 Å². The highest BCUT2D eigenvalue weighted by Crippen LogP contribution is 2.35. The third-order valence-corrected chi connectivity index (χ3v) is 10.8. The molecule has 52 heavy (non-hydrogen) atoms. The van der Waals surface area contributed by atoms with Crippen LogP contribution in [0.4, 0.5) is 0 Å². The van der Waals surface area contributed by atoms with Crippen molar-refractivity contribution in [3.05, 3.63) is 144 Å². The predicted molar refractivity (Wildman–Crippen MR) is 204 cm³/mol. The highest BCUT2D eigenvalue weighted by molar-refractivity contribution is 5.92. The number of H-pyrrole nitrogens is 2. The molecule has 4 heterocycles. The van der Waals surface area contributed by atoms with Gasteiger partial charge < -0.3 is 19.8 Å². The summed E-state index contributed by atoms with van der Waals surface area (Å²) < 4.78 is 0. The van der Waals surface area contributed by atoms with Gasteiger partial charge in [0, 0.05) is 18.7 Å². The van der Waals surface area contributed by atoms with Crippen LogP contribution in [-0.4, -0.2) is 54.6 Å². The second-order valence-corrected chi connectivity index (χ2v) is 14.1. The van der Waals surface area contributed by atoms with Crippen molar-refractivity contribution in [3.8, 4) is 22.4 Å². The minimum atomic E-state index is -0.0351. The summed E-state index contributed by atoms with van der Waals surface area (Å²) in [5, 5.41) is 2.29. The van der Waals surface area contributed by atoms with Gasteiger partial charge in [0.05, 0.1) is 47.8 Å². The minimum absolute atomic E-state index is 0.0319. The van der Waals surface area contributed by atoms with Crippen LogP contribution in [-0.2, 0) is 22.4 Å². The molecule has 8 heteroatoms. The van der Waals surface area contributed by atoms with Crippen LogP contribution in [0.1, 0.15) is 60.5 Å². The SMILES string of the molecule is O=C(Cc1ccccc1)N1CCCC1c1ncc(-c2ccc3cc(-c4ccc5nc(C6CCCN6C(=O)Cc6ccccc6)[nH]c5c4)ccc3c2)[nH]1. The number of carbonyl (C=O) groups excluding carboxylic acids is 2. The second kappa shape index (κ2) is 13.6. The molecule has 2 fully saturated rings. The monoisotopic (exact) mass is 684 g/mol. The van der Waals surface area contributed by atoms with Gasteiger partial charge in [0.25, 0.3) is 0 Å². The van der Waals surface area contributed by atoms with E-state index in [0.29, 0.717) is 12.8 Å². The Morgan fingerprint density at radius 1 is 0.615 bits per heavy atom. The number of hydrogen-bond acceptors (Lipinski definition) is 4. The number of aromatic amines is 2. The minimum Gasteiger partial charge on any atom is -0.340 e. The van der Waals surface area contributed by atoms with Crippen LogP contribution < -0.4 is 0 Å². The molecule has 2 saturated heterocycles. The molecular formula is C44H40N6O2. The van der Waals surface area contributed by atoms with E-state index in [0.717, 1.165) is 106 Å². The zero-order valence-corrected chi connectivity index (χ0v) is 29.0. The van der Waals surface area contributed by atoms with E-state index in [1.807, 2.05) is 76.7 Å². The molecule has 2 amide bonds. The van der Waals surface area contributed by atoms with E-state index in [4.69, 9.17) is 9.97 Å². The summed E-state index contributed by atoms with van der Waals surface area (Å²) in [6.07, 6.45) is 6.48. The lowest BCUT2D eigenvalue weighted by Crippen LogP contribution is -2.32. The van der Waals surface area contributed by atoms with Crippen LogP contribution in [0.5, 0.6) is 0 Å². The number of benzene rings is 5. The molecule has 2 aliphatic rings. The van der Waals surface area contributed by atoms with Crippen molar-refractivity contribution in [1.29, 1.82) is 0 Å². The molecule has 9 rings (SSSR count). The van der Waals surface area contributed by atoms with Gasteiger partial charge in [-0.05, 0) is 83.0 Å². The lowest BCUT2D eigenvalue weighted by molar-refractivity contribution is -0.132. The fourth-order valence-corrected chi connectivity index (χ4v) is 8.06. The average molecular weight is 685 g/mol. The predicted octanol–water partition coefficient (Wildman–Crippen LogP) is 8.59. The third kappa shape index (κ3) is 6.25. The van der Waals surface area contributed by atoms with Gasteiger partial charge in [-0.25, -0.2) is 9.97 Å². The zero-order chi connectivity index (χ0) is 35.0. The molecule has 258 valence electrons. The summed E-state index contributed by atoms with van der Waals surface area (Å²) in [6, 6.07) is 39.2. The van der Waals surface area contributed by atoms with Crippen molar-refractivity contribution >= 4 is 33.6 Å². The van der Waals surface area contributed by atoms with E-state index >= 15 is 0 Å². The first-order valence-corrected chi connectivity index (χ1v) is 18.3. The number of amides is 2. The Balaban J connectivity index is 0.910. The molecule has 0 bridgehead atoms. The van der Waals surface area contributed by atoms with Crippen LogP contribution in [0.25, 0.3) is 44.2 Å². The number of aromatic nitrogens is 4. The fraction of sp³-hybridized carbons (Fsp3) is 0.227. The number of rotatable bonds is 8. The second-order valence-electron chi connectivity index (χ2n) is 14.1. The molecule has 7 aromatic rings. The summed E-state index contributed by atoms with van der Waals surface area (Å²) in [5.74, 6) is 2.00. The lowest BCUT2D eigenvalue weighted by Gasteiger charge is -2.23. The Labute approximate surface area is 302 Å². The summed E-state index contributed by atoms with van der Waals surface area (Å²) in [6.45, 7) is 1.52. The van der Waals surface area contributed by atoms with Crippen molar-refractivity contribution in [2.24, 2.45) is 0 Å². The Morgan fingerprint density at radius 3 is 1.83 bits per heavy atom. The Hall–Kier alpha value is -6.02. The molecule has 2 aliphatic heterocycles. The Kier molecular flexibility index (Phi) is 8.35. The first-order chi connectivity index (χ1) is 25.6. The molecule has 2 aromatic heterocycles. The molecule has 2 N–H and O–H groups in total. The summed E-state index contributed by atoms with van der Waals surface area (Å²) in [7, 11) is 0. The lowest BCUT2D eigenvalue weighted by atomic mass is 9.99. The van der Waals surface area contributed by atoms with Crippen molar-refractivity contribution in [1.82, 2.24) is 29.7 Å². The maximum Gasteiger partial charge on any atom is 0.227 e. The van der Waals surface area contributed by atoms with Crippen LogP contribution in [0.15, 0.2) is 121 Å². The number of hydrogen-bond donors (Lipinski definition) is 2. The summed E-state index contributed by atoms with van der Waals surface area (Å²) >= 11 is 0. The van der Waals surface area contributed by atoms with Gasteiger partial charge in [-0.15, -0.1) is 0 Å². The van der Waals surface area contributed by atoms with Crippen LogP contribution in [0.2, 0.25) is 0 Å². The molecule has 0 radical (unpaired) electrons. The van der Waals surface area contributed by atoms with E-state index in [-0.39, 0.29) is 23.9 Å². The number of nitrogens with zero attached hydrogens (tertiary/aromatic N) is 4. The molecule has 8 nitrogen and oxygen atoms in total. The Bertz CT molecular complexity index is 2400. The van der Waals surface area contributed by atoms with Crippen molar-refractivity contribution in [2.75, 3.05) is 13.1 Å². The molecule has 2 unspecified atom stereocenters. The molecule has 0 saturated carbocycles. The van der Waals surface area contributed by atoms with E-state index in [2.05, 4.69) is 64.6 Å². The normalized spacial score (nSPS) is 17.4. The zero-order valence-electron chi connectivity index (χ0n) is 29.0. The molecule has 0 spiro atoms. The van der Waals surface area contributed by atoms with Crippen molar-refractivity contribution in [2.45, 2.75) is 50.6 Å². The first-order valence-electron chi connectivity index (χ1n) is 18.3. The maximum atomic E-state index is 13.3. The Morgan fingerprint density at radius 2 is 1.17 bits per heavy atom. The molecule has 5 aromatic carbocycles. The molecule has 2 atom stereocenters. The quantitative estimate of drug-likeness (QED) is 0.168. The number of likely N-dealkylation sites (tertiary alicyclic amines) is 2.